The minimum atomic E-state index is -0.480. The summed E-state index contributed by atoms with van der Waals surface area (Å²) < 4.78 is 1.37. The molecule has 0 aliphatic heterocycles. The van der Waals surface area contributed by atoms with Crippen molar-refractivity contribution in [3.8, 4) is 0 Å². The van der Waals surface area contributed by atoms with Crippen molar-refractivity contribution in [2.75, 3.05) is 6.54 Å². The summed E-state index contributed by atoms with van der Waals surface area (Å²) in [5.74, 6) is -0.186. The molecular formula is C16H18Cl2N4O3. The molecule has 0 aliphatic carbocycles. The van der Waals surface area contributed by atoms with Crippen molar-refractivity contribution >= 4 is 34.8 Å². The molecule has 1 aromatic carbocycles. The van der Waals surface area contributed by atoms with Crippen LogP contribution in [-0.4, -0.2) is 32.1 Å². The Morgan fingerprint density at radius 2 is 2.00 bits per heavy atom. The molecule has 2 aromatic rings. The maximum absolute atomic E-state index is 12.6. The van der Waals surface area contributed by atoms with Gasteiger partial charge in [0.15, 0.2) is 0 Å². The van der Waals surface area contributed by atoms with Crippen LogP contribution in [0, 0.1) is 24.0 Å². The highest BCUT2D eigenvalue weighted by molar-refractivity contribution is 6.42. The molecule has 1 aromatic heterocycles. The number of halogens is 2. The molecule has 0 spiro atoms. The summed E-state index contributed by atoms with van der Waals surface area (Å²) >= 11 is 11.9. The summed E-state index contributed by atoms with van der Waals surface area (Å²) in [6.45, 7) is 5.79. The highest BCUT2D eigenvalue weighted by atomic mass is 35.5. The number of aryl methyl sites for hydroxylation is 1. The lowest BCUT2D eigenvalue weighted by molar-refractivity contribution is -0.386. The van der Waals surface area contributed by atoms with Crippen LogP contribution in [-0.2, 0) is 17.9 Å². The fourth-order valence-electron chi connectivity index (χ4n) is 2.57. The van der Waals surface area contributed by atoms with Gasteiger partial charge in [-0.2, -0.15) is 5.10 Å². The molecule has 1 amide bonds. The Hall–Kier alpha value is -2.12. The van der Waals surface area contributed by atoms with Crippen LogP contribution in [0.1, 0.15) is 23.9 Å². The van der Waals surface area contributed by atoms with E-state index in [9.17, 15) is 14.9 Å². The highest BCUT2D eigenvalue weighted by Gasteiger charge is 2.24. The standard InChI is InChI=1S/C16H18Cl2N4O3/c1-4-20(8-12-5-6-13(17)14(18)7-12)15(23)9-21-11(3)16(22(24)25)10(2)19-21/h5-7H,4,8-9H2,1-3H3. The van der Waals surface area contributed by atoms with Gasteiger partial charge in [0.05, 0.1) is 15.0 Å². The summed E-state index contributed by atoms with van der Waals surface area (Å²) in [7, 11) is 0. The zero-order chi connectivity index (χ0) is 18.7. The number of nitro groups is 1. The molecule has 134 valence electrons. The average molecular weight is 385 g/mol. The molecule has 2 rings (SSSR count). The van der Waals surface area contributed by atoms with E-state index in [1.807, 2.05) is 6.92 Å². The Labute approximate surface area is 155 Å². The van der Waals surface area contributed by atoms with Gasteiger partial charge < -0.3 is 4.90 Å². The first-order valence-electron chi connectivity index (χ1n) is 7.64. The molecule has 0 fully saturated rings. The van der Waals surface area contributed by atoms with Crippen LogP contribution in [0.4, 0.5) is 5.69 Å². The smallest absolute Gasteiger partial charge is 0.312 e. The molecule has 9 heteroatoms. The van der Waals surface area contributed by atoms with Gasteiger partial charge in [-0.3, -0.25) is 19.6 Å². The van der Waals surface area contributed by atoms with Crippen LogP contribution in [0.25, 0.3) is 0 Å². The van der Waals surface area contributed by atoms with E-state index in [4.69, 9.17) is 23.2 Å². The number of nitrogens with zero attached hydrogens (tertiary/aromatic N) is 4. The first kappa shape index (κ1) is 19.2. The maximum atomic E-state index is 12.6. The van der Waals surface area contributed by atoms with Gasteiger partial charge in [-0.15, -0.1) is 0 Å². The van der Waals surface area contributed by atoms with Crippen LogP contribution >= 0.6 is 23.2 Å². The fraction of sp³-hybridized carbons (Fsp3) is 0.375. The molecule has 0 N–H and O–H groups in total. The van der Waals surface area contributed by atoms with Gasteiger partial charge in [-0.05, 0) is 38.5 Å². The second-order valence-corrected chi connectivity index (χ2v) is 6.40. The van der Waals surface area contributed by atoms with Crippen molar-refractivity contribution in [2.45, 2.75) is 33.9 Å². The minimum absolute atomic E-state index is 0.0552. The summed E-state index contributed by atoms with van der Waals surface area (Å²) in [6.07, 6.45) is 0. The molecule has 1 heterocycles. The van der Waals surface area contributed by atoms with Crippen LogP contribution in [0.5, 0.6) is 0 Å². The zero-order valence-corrected chi connectivity index (χ0v) is 15.6. The van der Waals surface area contributed by atoms with Gasteiger partial charge in [0.25, 0.3) is 0 Å². The lowest BCUT2D eigenvalue weighted by Crippen LogP contribution is -2.33. The SMILES string of the molecule is CCN(Cc1ccc(Cl)c(Cl)c1)C(=O)Cn1nc(C)c([N+](=O)[O-])c1C. The highest BCUT2D eigenvalue weighted by Crippen LogP contribution is 2.24. The number of amides is 1. The van der Waals surface area contributed by atoms with E-state index in [-0.39, 0.29) is 18.1 Å². The van der Waals surface area contributed by atoms with Crippen molar-refractivity contribution in [3.63, 3.8) is 0 Å². The van der Waals surface area contributed by atoms with Gasteiger partial charge in [0.2, 0.25) is 5.91 Å². The van der Waals surface area contributed by atoms with E-state index in [2.05, 4.69) is 5.10 Å². The number of aromatic nitrogens is 2. The second kappa shape index (κ2) is 7.84. The minimum Gasteiger partial charge on any atom is -0.337 e. The van der Waals surface area contributed by atoms with Gasteiger partial charge in [0, 0.05) is 13.1 Å². The van der Waals surface area contributed by atoms with E-state index in [0.717, 1.165) is 5.56 Å². The number of likely N-dealkylation sites (N-methyl/N-ethyl adjacent to an activating group) is 1. The van der Waals surface area contributed by atoms with E-state index >= 15 is 0 Å². The molecular weight excluding hydrogens is 367 g/mol. The Morgan fingerprint density at radius 1 is 1.32 bits per heavy atom. The number of rotatable bonds is 6. The average Bonchev–Trinajstić information content (AvgIpc) is 2.82. The number of carbonyl (C=O) groups is 1. The van der Waals surface area contributed by atoms with Crippen molar-refractivity contribution in [1.29, 1.82) is 0 Å². The summed E-state index contributed by atoms with van der Waals surface area (Å²) in [4.78, 5) is 24.8. The first-order chi connectivity index (χ1) is 11.7. The molecule has 0 saturated carbocycles. The summed E-state index contributed by atoms with van der Waals surface area (Å²) in [5.41, 5.74) is 1.45. The number of hydrogen-bond acceptors (Lipinski definition) is 4. The van der Waals surface area contributed by atoms with Gasteiger partial charge in [0.1, 0.15) is 17.9 Å². The lowest BCUT2D eigenvalue weighted by atomic mass is 10.2. The Balaban J connectivity index is 2.16. The van der Waals surface area contributed by atoms with Gasteiger partial charge in [-0.25, -0.2) is 0 Å². The molecule has 0 aliphatic rings. The molecule has 25 heavy (non-hydrogen) atoms. The largest absolute Gasteiger partial charge is 0.337 e. The quantitative estimate of drug-likeness (QED) is 0.560. The summed E-state index contributed by atoms with van der Waals surface area (Å²) in [5, 5.41) is 16.1. The number of carbonyl (C=O) groups excluding carboxylic acids is 1. The van der Waals surface area contributed by atoms with E-state index in [0.29, 0.717) is 34.5 Å². The van der Waals surface area contributed by atoms with E-state index < -0.39 is 4.92 Å². The lowest BCUT2D eigenvalue weighted by Gasteiger charge is -2.21. The monoisotopic (exact) mass is 384 g/mol. The molecule has 7 nitrogen and oxygen atoms in total. The summed E-state index contributed by atoms with van der Waals surface area (Å²) in [6, 6.07) is 5.20. The zero-order valence-electron chi connectivity index (χ0n) is 14.1. The maximum Gasteiger partial charge on any atom is 0.312 e. The third-order valence-corrected chi connectivity index (χ3v) is 4.64. The Bertz CT molecular complexity index is 820. The van der Waals surface area contributed by atoms with Crippen LogP contribution in [0.2, 0.25) is 10.0 Å². The van der Waals surface area contributed by atoms with Crippen molar-refractivity contribution < 1.29 is 9.72 Å². The van der Waals surface area contributed by atoms with Crippen LogP contribution in [0.15, 0.2) is 18.2 Å². The Morgan fingerprint density at radius 3 is 2.52 bits per heavy atom. The number of hydrogen-bond donors (Lipinski definition) is 0. The van der Waals surface area contributed by atoms with E-state index in [1.54, 1.807) is 36.9 Å². The van der Waals surface area contributed by atoms with Crippen molar-refractivity contribution in [3.05, 3.63) is 55.3 Å². The topological polar surface area (TPSA) is 81.3 Å². The van der Waals surface area contributed by atoms with Crippen molar-refractivity contribution in [2.24, 2.45) is 0 Å². The molecule has 0 bridgehead atoms. The molecule has 0 atom stereocenters. The molecule has 0 radical (unpaired) electrons. The van der Waals surface area contributed by atoms with Crippen molar-refractivity contribution in [1.82, 2.24) is 14.7 Å². The third kappa shape index (κ3) is 4.29. The first-order valence-corrected chi connectivity index (χ1v) is 8.40. The predicted octanol–water partition coefficient (Wildman–Crippen LogP) is 3.76. The predicted molar refractivity (Wildman–Crippen MR) is 95.9 cm³/mol. The third-order valence-electron chi connectivity index (χ3n) is 3.90. The second-order valence-electron chi connectivity index (χ2n) is 5.59. The normalized spacial score (nSPS) is 10.8. The fourth-order valence-corrected chi connectivity index (χ4v) is 2.89. The van der Waals surface area contributed by atoms with E-state index in [1.165, 1.54) is 4.68 Å². The van der Waals surface area contributed by atoms with Gasteiger partial charge in [-0.1, -0.05) is 29.3 Å². The van der Waals surface area contributed by atoms with Crippen LogP contribution < -0.4 is 0 Å². The molecule has 0 unspecified atom stereocenters. The number of benzene rings is 1. The van der Waals surface area contributed by atoms with Gasteiger partial charge >= 0.3 is 5.69 Å². The Kier molecular flexibility index (Phi) is 6.02. The van der Waals surface area contributed by atoms with Crippen LogP contribution in [0.3, 0.4) is 0 Å². The molecule has 0 saturated heterocycles.